The summed E-state index contributed by atoms with van der Waals surface area (Å²) in [5.41, 5.74) is 0. The highest BCUT2D eigenvalue weighted by Gasteiger charge is 2.31. The molecule has 1 aliphatic heterocycles. The van der Waals surface area contributed by atoms with Gasteiger partial charge in [0, 0.05) is 38.6 Å². The number of carbonyl (C=O) groups excluding carboxylic acids is 2. The number of nitrogens with one attached hydrogen (secondary N) is 1. The van der Waals surface area contributed by atoms with E-state index in [0.29, 0.717) is 18.4 Å². The summed E-state index contributed by atoms with van der Waals surface area (Å²) in [7, 11) is 0. The Morgan fingerprint density at radius 3 is 2.30 bits per heavy atom. The molecular formula is C15H27N3O2. The van der Waals surface area contributed by atoms with Crippen molar-refractivity contribution in [1.29, 1.82) is 0 Å². The molecule has 1 aliphatic carbocycles. The number of piperazine rings is 1. The SMILES string of the molecule is CC(C)CNC(=O)CN1CCN(C(=O)C2CCC2)CC1. The van der Waals surface area contributed by atoms with Gasteiger partial charge in [-0.15, -0.1) is 0 Å². The summed E-state index contributed by atoms with van der Waals surface area (Å²) in [5.74, 6) is 1.20. The van der Waals surface area contributed by atoms with Gasteiger partial charge >= 0.3 is 0 Å². The lowest BCUT2D eigenvalue weighted by Crippen LogP contribution is -2.53. The highest BCUT2D eigenvalue weighted by Crippen LogP contribution is 2.28. The third kappa shape index (κ3) is 4.20. The zero-order chi connectivity index (χ0) is 14.5. The van der Waals surface area contributed by atoms with Crippen LogP contribution in [0.25, 0.3) is 0 Å². The van der Waals surface area contributed by atoms with E-state index in [9.17, 15) is 9.59 Å². The Hall–Kier alpha value is -1.10. The minimum absolute atomic E-state index is 0.0949. The lowest BCUT2D eigenvalue weighted by atomic mass is 9.84. The lowest BCUT2D eigenvalue weighted by molar-refractivity contribution is -0.140. The first kappa shape index (κ1) is 15.3. The molecule has 2 rings (SSSR count). The predicted molar refractivity (Wildman–Crippen MR) is 78.2 cm³/mol. The molecule has 2 fully saturated rings. The van der Waals surface area contributed by atoms with Gasteiger partial charge in [0.1, 0.15) is 0 Å². The molecule has 20 heavy (non-hydrogen) atoms. The fourth-order valence-electron chi connectivity index (χ4n) is 2.62. The quantitative estimate of drug-likeness (QED) is 0.807. The normalized spacial score (nSPS) is 20.9. The number of carbonyl (C=O) groups is 2. The molecule has 1 heterocycles. The van der Waals surface area contributed by atoms with Crippen molar-refractivity contribution in [3.63, 3.8) is 0 Å². The van der Waals surface area contributed by atoms with Gasteiger partial charge in [0.2, 0.25) is 11.8 Å². The van der Waals surface area contributed by atoms with Crippen LogP contribution in [0.3, 0.4) is 0 Å². The van der Waals surface area contributed by atoms with E-state index in [2.05, 4.69) is 24.1 Å². The summed E-state index contributed by atoms with van der Waals surface area (Å²) in [6, 6.07) is 0. The van der Waals surface area contributed by atoms with Crippen molar-refractivity contribution in [2.75, 3.05) is 39.3 Å². The molecule has 1 saturated carbocycles. The highest BCUT2D eigenvalue weighted by atomic mass is 16.2. The second-order valence-electron chi connectivity index (χ2n) is 6.43. The van der Waals surface area contributed by atoms with Gasteiger partial charge in [-0.05, 0) is 18.8 Å². The van der Waals surface area contributed by atoms with Gasteiger partial charge in [-0.3, -0.25) is 14.5 Å². The zero-order valence-corrected chi connectivity index (χ0v) is 12.7. The van der Waals surface area contributed by atoms with E-state index in [1.807, 2.05) is 4.90 Å². The van der Waals surface area contributed by atoms with Crippen LogP contribution in [-0.2, 0) is 9.59 Å². The standard InChI is InChI=1S/C15H27N3O2/c1-12(2)10-16-14(19)11-17-6-8-18(9-7-17)15(20)13-4-3-5-13/h12-13H,3-11H2,1-2H3,(H,16,19). The van der Waals surface area contributed by atoms with Gasteiger partial charge in [-0.1, -0.05) is 20.3 Å². The molecule has 1 saturated heterocycles. The van der Waals surface area contributed by atoms with Crippen LogP contribution in [0.1, 0.15) is 33.1 Å². The average Bonchev–Trinajstić information content (AvgIpc) is 2.35. The lowest BCUT2D eigenvalue weighted by Gasteiger charge is -2.38. The molecule has 114 valence electrons. The average molecular weight is 281 g/mol. The van der Waals surface area contributed by atoms with Crippen LogP contribution < -0.4 is 5.32 Å². The fraction of sp³-hybridized carbons (Fsp3) is 0.867. The molecule has 0 atom stereocenters. The van der Waals surface area contributed by atoms with Gasteiger partial charge < -0.3 is 10.2 Å². The first-order valence-electron chi connectivity index (χ1n) is 7.84. The molecule has 2 amide bonds. The second kappa shape index (κ2) is 7.07. The molecule has 1 N–H and O–H groups in total. The molecule has 0 spiro atoms. The van der Waals surface area contributed by atoms with E-state index < -0.39 is 0 Å². The Bertz CT molecular complexity index is 345. The second-order valence-corrected chi connectivity index (χ2v) is 6.43. The molecular weight excluding hydrogens is 254 g/mol. The topological polar surface area (TPSA) is 52.7 Å². The van der Waals surface area contributed by atoms with Crippen LogP contribution in [0, 0.1) is 11.8 Å². The number of nitrogens with zero attached hydrogens (tertiary/aromatic N) is 2. The maximum absolute atomic E-state index is 12.1. The van der Waals surface area contributed by atoms with Crippen LogP contribution in [0.4, 0.5) is 0 Å². The Balaban J connectivity index is 1.66. The number of rotatable bonds is 5. The molecule has 5 heteroatoms. The minimum Gasteiger partial charge on any atom is -0.355 e. The Kier molecular flexibility index (Phi) is 5.40. The van der Waals surface area contributed by atoms with E-state index >= 15 is 0 Å². The molecule has 0 bridgehead atoms. The van der Waals surface area contributed by atoms with E-state index in [1.54, 1.807) is 0 Å². The first-order valence-corrected chi connectivity index (χ1v) is 7.84. The number of amides is 2. The maximum Gasteiger partial charge on any atom is 0.234 e. The predicted octanol–water partition coefficient (Wildman–Crippen LogP) is 0.703. The summed E-state index contributed by atoms with van der Waals surface area (Å²) in [5, 5.41) is 2.94. The maximum atomic E-state index is 12.1. The smallest absolute Gasteiger partial charge is 0.234 e. The van der Waals surface area contributed by atoms with Crippen LogP contribution in [0.2, 0.25) is 0 Å². The summed E-state index contributed by atoms with van der Waals surface area (Å²) in [4.78, 5) is 28.0. The van der Waals surface area contributed by atoms with Gasteiger partial charge in [0.05, 0.1) is 6.54 Å². The van der Waals surface area contributed by atoms with Crippen LogP contribution in [0.15, 0.2) is 0 Å². The summed E-state index contributed by atoms with van der Waals surface area (Å²) in [6.45, 7) is 8.54. The summed E-state index contributed by atoms with van der Waals surface area (Å²) >= 11 is 0. The highest BCUT2D eigenvalue weighted by molar-refractivity contribution is 5.80. The van der Waals surface area contributed by atoms with Crippen molar-refractivity contribution in [3.05, 3.63) is 0 Å². The summed E-state index contributed by atoms with van der Waals surface area (Å²) in [6.07, 6.45) is 3.33. The van der Waals surface area contributed by atoms with Gasteiger partial charge in [0.25, 0.3) is 0 Å². The van der Waals surface area contributed by atoms with E-state index in [-0.39, 0.29) is 11.8 Å². The Labute approximate surface area is 121 Å². The molecule has 0 aromatic heterocycles. The van der Waals surface area contributed by atoms with Crippen molar-refractivity contribution < 1.29 is 9.59 Å². The summed E-state index contributed by atoms with van der Waals surface area (Å²) < 4.78 is 0. The van der Waals surface area contributed by atoms with Gasteiger partial charge in [-0.25, -0.2) is 0 Å². The van der Waals surface area contributed by atoms with Gasteiger partial charge in [0.15, 0.2) is 0 Å². The number of hydrogen-bond acceptors (Lipinski definition) is 3. The first-order chi connectivity index (χ1) is 9.56. The Morgan fingerprint density at radius 2 is 1.80 bits per heavy atom. The van der Waals surface area contributed by atoms with Crippen molar-refractivity contribution in [2.24, 2.45) is 11.8 Å². The molecule has 0 aromatic rings. The van der Waals surface area contributed by atoms with Crippen LogP contribution in [0.5, 0.6) is 0 Å². The monoisotopic (exact) mass is 281 g/mol. The van der Waals surface area contributed by atoms with E-state index in [4.69, 9.17) is 0 Å². The third-order valence-corrected chi connectivity index (χ3v) is 4.21. The Morgan fingerprint density at radius 1 is 1.15 bits per heavy atom. The minimum atomic E-state index is 0.0949. The molecule has 5 nitrogen and oxygen atoms in total. The van der Waals surface area contributed by atoms with Crippen LogP contribution in [-0.4, -0.2) is 60.9 Å². The fourth-order valence-corrected chi connectivity index (χ4v) is 2.62. The van der Waals surface area contributed by atoms with Crippen molar-refractivity contribution in [3.8, 4) is 0 Å². The van der Waals surface area contributed by atoms with Crippen molar-refractivity contribution >= 4 is 11.8 Å². The third-order valence-electron chi connectivity index (χ3n) is 4.21. The molecule has 0 radical (unpaired) electrons. The zero-order valence-electron chi connectivity index (χ0n) is 12.7. The van der Waals surface area contributed by atoms with Crippen molar-refractivity contribution in [2.45, 2.75) is 33.1 Å². The largest absolute Gasteiger partial charge is 0.355 e. The molecule has 2 aliphatic rings. The molecule has 0 aromatic carbocycles. The number of hydrogen-bond donors (Lipinski definition) is 1. The molecule has 0 unspecified atom stereocenters. The van der Waals surface area contributed by atoms with E-state index in [0.717, 1.165) is 45.6 Å². The van der Waals surface area contributed by atoms with Crippen LogP contribution >= 0.6 is 0 Å². The van der Waals surface area contributed by atoms with Gasteiger partial charge in [-0.2, -0.15) is 0 Å². The van der Waals surface area contributed by atoms with Crippen molar-refractivity contribution in [1.82, 2.24) is 15.1 Å². The van der Waals surface area contributed by atoms with E-state index in [1.165, 1.54) is 6.42 Å².